The topological polar surface area (TPSA) is 78.0 Å². The molecule has 0 fully saturated rings. The van der Waals surface area contributed by atoms with Gasteiger partial charge in [-0.15, -0.1) is 0 Å². The van der Waals surface area contributed by atoms with Gasteiger partial charge < -0.3 is 10.4 Å². The van der Waals surface area contributed by atoms with Crippen LogP contribution >= 0.6 is 0 Å². The Bertz CT molecular complexity index is 418. The standard InChI is InChI=1S/C14H25N3O2/c1-6-9(2)14(5,19)8-15-13(18)7-12-10(3)16-17-11(12)4/h9,19H,6-8H2,1-5H3,(H,15,18)(H,16,17)/t9-,14-/m1/s1. The maximum Gasteiger partial charge on any atom is 0.224 e. The molecule has 108 valence electrons. The Morgan fingerprint density at radius 2 is 2.16 bits per heavy atom. The quantitative estimate of drug-likeness (QED) is 0.730. The van der Waals surface area contributed by atoms with Gasteiger partial charge in [0.25, 0.3) is 0 Å². The van der Waals surface area contributed by atoms with Crippen molar-refractivity contribution < 1.29 is 9.90 Å². The number of aromatic amines is 1. The average Bonchev–Trinajstić information content (AvgIpc) is 2.67. The molecule has 1 heterocycles. The zero-order chi connectivity index (χ0) is 14.6. The monoisotopic (exact) mass is 267 g/mol. The summed E-state index contributed by atoms with van der Waals surface area (Å²) in [6.45, 7) is 9.82. The van der Waals surface area contributed by atoms with Crippen LogP contribution in [0.4, 0.5) is 0 Å². The molecule has 1 aromatic rings. The summed E-state index contributed by atoms with van der Waals surface area (Å²) in [5, 5.41) is 20.0. The van der Waals surface area contributed by atoms with Gasteiger partial charge >= 0.3 is 0 Å². The van der Waals surface area contributed by atoms with Gasteiger partial charge in [-0.25, -0.2) is 0 Å². The molecule has 3 N–H and O–H groups in total. The summed E-state index contributed by atoms with van der Waals surface area (Å²) in [6.07, 6.45) is 1.17. The maximum atomic E-state index is 11.9. The van der Waals surface area contributed by atoms with Gasteiger partial charge in [0.15, 0.2) is 0 Å². The van der Waals surface area contributed by atoms with Crippen LogP contribution in [0.5, 0.6) is 0 Å². The van der Waals surface area contributed by atoms with E-state index in [1.54, 1.807) is 6.92 Å². The third kappa shape index (κ3) is 4.06. The minimum absolute atomic E-state index is 0.0869. The van der Waals surface area contributed by atoms with E-state index in [9.17, 15) is 9.90 Å². The first-order chi connectivity index (χ1) is 8.77. The molecule has 19 heavy (non-hydrogen) atoms. The van der Waals surface area contributed by atoms with Crippen molar-refractivity contribution in [2.45, 2.75) is 53.1 Å². The summed E-state index contributed by atoms with van der Waals surface area (Å²) in [6, 6.07) is 0. The smallest absolute Gasteiger partial charge is 0.224 e. The predicted molar refractivity (Wildman–Crippen MR) is 74.9 cm³/mol. The molecule has 0 radical (unpaired) electrons. The third-order valence-corrected chi connectivity index (χ3v) is 3.94. The van der Waals surface area contributed by atoms with Gasteiger partial charge in [-0.3, -0.25) is 9.89 Å². The molecule has 1 rings (SSSR count). The van der Waals surface area contributed by atoms with Crippen LogP contribution in [-0.2, 0) is 11.2 Å². The second-order valence-corrected chi connectivity index (χ2v) is 5.53. The lowest BCUT2D eigenvalue weighted by molar-refractivity contribution is -0.122. The average molecular weight is 267 g/mol. The van der Waals surface area contributed by atoms with Crippen LogP contribution < -0.4 is 5.32 Å². The number of amides is 1. The van der Waals surface area contributed by atoms with Crippen LogP contribution in [-0.4, -0.2) is 33.4 Å². The summed E-state index contributed by atoms with van der Waals surface area (Å²) in [4.78, 5) is 11.9. The van der Waals surface area contributed by atoms with Crippen molar-refractivity contribution in [2.75, 3.05) is 6.54 Å². The zero-order valence-electron chi connectivity index (χ0n) is 12.5. The Morgan fingerprint density at radius 1 is 1.53 bits per heavy atom. The number of aliphatic hydroxyl groups is 1. The molecule has 0 spiro atoms. The molecular weight excluding hydrogens is 242 g/mol. The van der Waals surface area contributed by atoms with Gasteiger partial charge in [0.2, 0.25) is 5.91 Å². The van der Waals surface area contributed by atoms with Crippen LogP contribution in [0, 0.1) is 19.8 Å². The van der Waals surface area contributed by atoms with E-state index in [1.165, 1.54) is 0 Å². The molecular formula is C14H25N3O2. The number of rotatable bonds is 6. The lowest BCUT2D eigenvalue weighted by Crippen LogP contribution is -2.45. The predicted octanol–water partition coefficient (Wildman–Crippen LogP) is 1.48. The molecule has 0 saturated carbocycles. The number of carbonyl (C=O) groups excluding carboxylic acids is 1. The van der Waals surface area contributed by atoms with Gasteiger partial charge in [-0.05, 0) is 26.7 Å². The van der Waals surface area contributed by atoms with Crippen LogP contribution in [0.2, 0.25) is 0 Å². The van der Waals surface area contributed by atoms with Gasteiger partial charge in [0.05, 0.1) is 17.7 Å². The summed E-state index contributed by atoms with van der Waals surface area (Å²) in [7, 11) is 0. The van der Waals surface area contributed by atoms with Crippen molar-refractivity contribution in [3.05, 3.63) is 17.0 Å². The molecule has 5 heteroatoms. The fourth-order valence-corrected chi connectivity index (χ4v) is 1.95. The van der Waals surface area contributed by atoms with E-state index >= 15 is 0 Å². The molecule has 0 aliphatic carbocycles. The van der Waals surface area contributed by atoms with E-state index in [2.05, 4.69) is 15.5 Å². The molecule has 0 bridgehead atoms. The van der Waals surface area contributed by atoms with E-state index < -0.39 is 5.60 Å². The summed E-state index contributed by atoms with van der Waals surface area (Å²) in [5.41, 5.74) is 1.83. The number of nitrogens with one attached hydrogen (secondary N) is 2. The van der Waals surface area contributed by atoms with Crippen LogP contribution in [0.25, 0.3) is 0 Å². The van der Waals surface area contributed by atoms with Crippen LogP contribution in [0.1, 0.15) is 44.1 Å². The fraction of sp³-hybridized carbons (Fsp3) is 0.714. The minimum atomic E-state index is -0.870. The highest BCUT2D eigenvalue weighted by atomic mass is 16.3. The highest BCUT2D eigenvalue weighted by Crippen LogP contribution is 2.19. The molecule has 2 atom stereocenters. The van der Waals surface area contributed by atoms with Gasteiger partial charge in [0.1, 0.15) is 0 Å². The van der Waals surface area contributed by atoms with E-state index in [0.717, 1.165) is 23.4 Å². The highest BCUT2D eigenvalue weighted by molar-refractivity contribution is 5.79. The van der Waals surface area contributed by atoms with Crippen LogP contribution in [0.3, 0.4) is 0 Å². The van der Waals surface area contributed by atoms with Crippen LogP contribution in [0.15, 0.2) is 0 Å². The van der Waals surface area contributed by atoms with Gasteiger partial charge in [-0.2, -0.15) is 5.10 Å². The van der Waals surface area contributed by atoms with Gasteiger partial charge in [0, 0.05) is 17.8 Å². The summed E-state index contributed by atoms with van der Waals surface area (Å²) >= 11 is 0. The number of aryl methyl sites for hydroxylation is 2. The van der Waals surface area contributed by atoms with E-state index in [0.29, 0.717) is 6.42 Å². The first-order valence-electron chi connectivity index (χ1n) is 6.77. The molecule has 0 aliphatic heterocycles. The Balaban J connectivity index is 2.53. The first kappa shape index (κ1) is 15.7. The van der Waals surface area contributed by atoms with E-state index in [-0.39, 0.29) is 18.4 Å². The Morgan fingerprint density at radius 3 is 2.63 bits per heavy atom. The van der Waals surface area contributed by atoms with E-state index in [1.807, 2.05) is 27.7 Å². The number of aromatic nitrogens is 2. The number of nitrogens with zero attached hydrogens (tertiary/aromatic N) is 1. The number of hydrogen-bond donors (Lipinski definition) is 3. The second-order valence-electron chi connectivity index (χ2n) is 5.53. The van der Waals surface area contributed by atoms with Crippen molar-refractivity contribution in [3.63, 3.8) is 0 Å². The highest BCUT2D eigenvalue weighted by Gasteiger charge is 2.27. The minimum Gasteiger partial charge on any atom is -0.388 e. The fourth-order valence-electron chi connectivity index (χ4n) is 1.95. The van der Waals surface area contributed by atoms with E-state index in [4.69, 9.17) is 0 Å². The Hall–Kier alpha value is -1.36. The lowest BCUT2D eigenvalue weighted by Gasteiger charge is -2.29. The first-order valence-corrected chi connectivity index (χ1v) is 6.77. The van der Waals surface area contributed by atoms with Crippen molar-refractivity contribution >= 4 is 5.91 Å². The Kier molecular flexibility index (Phi) is 5.11. The zero-order valence-corrected chi connectivity index (χ0v) is 12.5. The largest absolute Gasteiger partial charge is 0.388 e. The number of carbonyl (C=O) groups is 1. The molecule has 1 amide bonds. The molecule has 0 aromatic carbocycles. The third-order valence-electron chi connectivity index (χ3n) is 3.94. The summed E-state index contributed by atoms with van der Waals surface area (Å²) < 4.78 is 0. The molecule has 0 unspecified atom stereocenters. The van der Waals surface area contributed by atoms with Crippen molar-refractivity contribution in [1.29, 1.82) is 0 Å². The maximum absolute atomic E-state index is 11.9. The SMILES string of the molecule is CC[C@@H](C)[C@](C)(O)CNC(=O)Cc1c(C)n[nH]c1C. The normalized spacial score (nSPS) is 15.9. The molecule has 0 saturated heterocycles. The van der Waals surface area contributed by atoms with Crippen molar-refractivity contribution in [2.24, 2.45) is 5.92 Å². The van der Waals surface area contributed by atoms with Crippen molar-refractivity contribution in [3.8, 4) is 0 Å². The summed E-state index contributed by atoms with van der Waals surface area (Å²) in [5.74, 6) is 0.0568. The lowest BCUT2D eigenvalue weighted by atomic mass is 9.88. The number of H-pyrrole nitrogens is 1. The van der Waals surface area contributed by atoms with Gasteiger partial charge in [-0.1, -0.05) is 20.3 Å². The molecule has 5 nitrogen and oxygen atoms in total. The van der Waals surface area contributed by atoms with Crippen molar-refractivity contribution in [1.82, 2.24) is 15.5 Å². The molecule has 0 aliphatic rings. The number of hydrogen-bond acceptors (Lipinski definition) is 3. The Labute approximate surface area is 114 Å². The second kappa shape index (κ2) is 6.19. The molecule has 1 aromatic heterocycles.